The third-order valence-corrected chi connectivity index (χ3v) is 2.71. The van der Waals surface area contributed by atoms with Gasteiger partial charge in [0, 0.05) is 23.8 Å². The minimum absolute atomic E-state index is 0.215. The SMILES string of the molecule is CNCc1ccc(Br)cc1N(C)CC(N)=O. The fourth-order valence-electron chi connectivity index (χ4n) is 1.55. The van der Waals surface area contributed by atoms with Crippen LogP contribution in [0.4, 0.5) is 5.69 Å². The second-order valence-electron chi connectivity index (χ2n) is 3.63. The Bertz CT molecular complexity index is 381. The van der Waals surface area contributed by atoms with Crippen molar-refractivity contribution in [2.45, 2.75) is 6.54 Å². The van der Waals surface area contributed by atoms with Gasteiger partial charge in [0.15, 0.2) is 0 Å². The van der Waals surface area contributed by atoms with Crippen molar-refractivity contribution in [3.63, 3.8) is 0 Å². The van der Waals surface area contributed by atoms with Gasteiger partial charge in [-0.25, -0.2) is 0 Å². The maximum Gasteiger partial charge on any atom is 0.236 e. The van der Waals surface area contributed by atoms with Crippen molar-refractivity contribution in [1.29, 1.82) is 0 Å². The molecular weight excluding hydrogens is 270 g/mol. The van der Waals surface area contributed by atoms with Crippen LogP contribution in [0.3, 0.4) is 0 Å². The third-order valence-electron chi connectivity index (χ3n) is 2.22. The summed E-state index contributed by atoms with van der Waals surface area (Å²) in [5, 5.41) is 3.09. The van der Waals surface area contributed by atoms with Crippen LogP contribution in [0.5, 0.6) is 0 Å². The van der Waals surface area contributed by atoms with Crippen LogP contribution >= 0.6 is 15.9 Å². The van der Waals surface area contributed by atoms with Crippen molar-refractivity contribution in [1.82, 2.24) is 5.32 Å². The van der Waals surface area contributed by atoms with Crippen LogP contribution in [-0.4, -0.2) is 26.5 Å². The molecular formula is C11H16BrN3O. The normalized spacial score (nSPS) is 10.2. The summed E-state index contributed by atoms with van der Waals surface area (Å²) >= 11 is 3.42. The van der Waals surface area contributed by atoms with Gasteiger partial charge < -0.3 is 16.0 Å². The van der Waals surface area contributed by atoms with Gasteiger partial charge in [-0.1, -0.05) is 22.0 Å². The Labute approximate surface area is 104 Å². The van der Waals surface area contributed by atoms with Crippen LogP contribution in [0.1, 0.15) is 5.56 Å². The lowest BCUT2D eigenvalue weighted by Crippen LogP contribution is -2.31. The molecule has 0 unspecified atom stereocenters. The highest BCUT2D eigenvalue weighted by atomic mass is 79.9. The van der Waals surface area contributed by atoms with Gasteiger partial charge in [0.25, 0.3) is 0 Å². The number of amides is 1. The summed E-state index contributed by atoms with van der Waals surface area (Å²) in [5.41, 5.74) is 7.32. The number of halogens is 1. The van der Waals surface area contributed by atoms with E-state index in [2.05, 4.69) is 21.2 Å². The molecule has 1 aromatic carbocycles. The summed E-state index contributed by atoms with van der Waals surface area (Å²) in [6, 6.07) is 5.98. The predicted molar refractivity (Wildman–Crippen MR) is 69.4 cm³/mol. The highest BCUT2D eigenvalue weighted by molar-refractivity contribution is 9.10. The fraction of sp³-hybridized carbons (Fsp3) is 0.364. The molecule has 0 atom stereocenters. The van der Waals surface area contributed by atoms with Gasteiger partial charge in [-0.15, -0.1) is 0 Å². The Morgan fingerprint density at radius 1 is 1.56 bits per heavy atom. The molecule has 1 aromatic rings. The number of rotatable bonds is 5. The smallest absolute Gasteiger partial charge is 0.236 e. The summed E-state index contributed by atoms with van der Waals surface area (Å²) in [7, 11) is 3.74. The van der Waals surface area contributed by atoms with Crippen LogP contribution < -0.4 is 16.0 Å². The monoisotopic (exact) mass is 285 g/mol. The van der Waals surface area contributed by atoms with Crippen molar-refractivity contribution < 1.29 is 4.79 Å². The van der Waals surface area contributed by atoms with Crippen molar-refractivity contribution in [2.75, 3.05) is 25.5 Å². The van der Waals surface area contributed by atoms with E-state index in [0.717, 1.165) is 22.3 Å². The first-order valence-corrected chi connectivity index (χ1v) is 5.76. The quantitative estimate of drug-likeness (QED) is 0.852. The van der Waals surface area contributed by atoms with E-state index in [1.54, 1.807) is 0 Å². The number of likely N-dealkylation sites (N-methyl/N-ethyl adjacent to an activating group) is 1. The largest absolute Gasteiger partial charge is 0.368 e. The Hall–Kier alpha value is -1.07. The number of hydrogen-bond donors (Lipinski definition) is 2. The third kappa shape index (κ3) is 3.50. The fourth-order valence-corrected chi connectivity index (χ4v) is 1.90. The zero-order chi connectivity index (χ0) is 12.1. The molecule has 0 saturated heterocycles. The van der Waals surface area contributed by atoms with E-state index in [-0.39, 0.29) is 12.5 Å². The Balaban J connectivity index is 2.98. The lowest BCUT2D eigenvalue weighted by molar-refractivity contribution is -0.116. The molecule has 16 heavy (non-hydrogen) atoms. The van der Waals surface area contributed by atoms with Crippen LogP contribution in [0.15, 0.2) is 22.7 Å². The number of carbonyl (C=O) groups is 1. The first-order chi connectivity index (χ1) is 7.54. The van der Waals surface area contributed by atoms with Crippen molar-refractivity contribution in [3.8, 4) is 0 Å². The van der Waals surface area contributed by atoms with E-state index in [1.165, 1.54) is 0 Å². The van der Waals surface area contributed by atoms with E-state index >= 15 is 0 Å². The minimum atomic E-state index is -0.335. The van der Waals surface area contributed by atoms with Crippen molar-refractivity contribution >= 4 is 27.5 Å². The lowest BCUT2D eigenvalue weighted by atomic mass is 10.1. The maximum atomic E-state index is 10.9. The maximum absolute atomic E-state index is 10.9. The Morgan fingerprint density at radius 2 is 2.25 bits per heavy atom. The van der Waals surface area contributed by atoms with Gasteiger partial charge in [-0.05, 0) is 24.7 Å². The summed E-state index contributed by atoms with van der Waals surface area (Å²) in [6.45, 7) is 0.971. The standard InChI is InChI=1S/C11H16BrN3O/c1-14-6-8-3-4-9(12)5-10(8)15(2)7-11(13)16/h3-5,14H,6-7H2,1-2H3,(H2,13,16). The topological polar surface area (TPSA) is 58.4 Å². The second-order valence-corrected chi connectivity index (χ2v) is 4.54. The number of hydrogen-bond acceptors (Lipinski definition) is 3. The van der Waals surface area contributed by atoms with E-state index in [0.29, 0.717) is 0 Å². The van der Waals surface area contributed by atoms with Crippen molar-refractivity contribution in [3.05, 3.63) is 28.2 Å². The summed E-state index contributed by atoms with van der Waals surface area (Å²) in [5.74, 6) is -0.335. The first kappa shape index (κ1) is 13.0. The molecule has 0 aliphatic rings. The summed E-state index contributed by atoms with van der Waals surface area (Å²) < 4.78 is 0.985. The zero-order valence-corrected chi connectivity index (χ0v) is 11.0. The van der Waals surface area contributed by atoms with Crippen molar-refractivity contribution in [2.24, 2.45) is 5.73 Å². The zero-order valence-electron chi connectivity index (χ0n) is 9.46. The molecule has 0 radical (unpaired) electrons. The molecule has 0 saturated carbocycles. The second kappa shape index (κ2) is 5.86. The number of nitrogens with one attached hydrogen (secondary N) is 1. The molecule has 88 valence electrons. The molecule has 0 aliphatic carbocycles. The van der Waals surface area contributed by atoms with Gasteiger partial charge in [0.1, 0.15) is 0 Å². The molecule has 0 aromatic heterocycles. The Morgan fingerprint density at radius 3 is 2.81 bits per heavy atom. The van der Waals surface area contributed by atoms with E-state index in [1.807, 2.05) is 37.2 Å². The molecule has 0 bridgehead atoms. The van der Waals surface area contributed by atoms with Crippen LogP contribution in [0.25, 0.3) is 0 Å². The predicted octanol–water partition coefficient (Wildman–Crippen LogP) is 1.09. The van der Waals surface area contributed by atoms with Gasteiger partial charge in [-0.3, -0.25) is 4.79 Å². The van der Waals surface area contributed by atoms with Crippen LogP contribution in [-0.2, 0) is 11.3 Å². The highest BCUT2D eigenvalue weighted by Crippen LogP contribution is 2.24. The van der Waals surface area contributed by atoms with Crippen LogP contribution in [0.2, 0.25) is 0 Å². The van der Waals surface area contributed by atoms with E-state index in [4.69, 9.17) is 5.73 Å². The number of nitrogens with zero attached hydrogens (tertiary/aromatic N) is 1. The molecule has 0 fully saturated rings. The van der Waals surface area contributed by atoms with Gasteiger partial charge in [0.05, 0.1) is 6.54 Å². The molecule has 4 nitrogen and oxygen atoms in total. The number of anilines is 1. The summed E-state index contributed by atoms with van der Waals surface area (Å²) in [4.78, 5) is 12.7. The molecule has 1 amide bonds. The van der Waals surface area contributed by atoms with E-state index < -0.39 is 0 Å². The minimum Gasteiger partial charge on any atom is -0.368 e. The number of carbonyl (C=O) groups excluding carboxylic acids is 1. The molecule has 3 N–H and O–H groups in total. The number of benzene rings is 1. The molecule has 0 spiro atoms. The average molecular weight is 286 g/mol. The van der Waals surface area contributed by atoms with Gasteiger partial charge in [-0.2, -0.15) is 0 Å². The van der Waals surface area contributed by atoms with Gasteiger partial charge in [0.2, 0.25) is 5.91 Å². The Kier molecular flexibility index (Phi) is 4.76. The number of nitrogens with two attached hydrogens (primary N) is 1. The molecule has 0 heterocycles. The number of primary amides is 1. The molecule has 1 rings (SSSR count). The lowest BCUT2D eigenvalue weighted by Gasteiger charge is -2.21. The molecule has 5 heteroatoms. The summed E-state index contributed by atoms with van der Waals surface area (Å²) in [6.07, 6.45) is 0. The first-order valence-electron chi connectivity index (χ1n) is 4.97. The highest BCUT2D eigenvalue weighted by Gasteiger charge is 2.09. The average Bonchev–Trinajstić information content (AvgIpc) is 2.20. The van der Waals surface area contributed by atoms with E-state index in [9.17, 15) is 4.79 Å². The van der Waals surface area contributed by atoms with Gasteiger partial charge >= 0.3 is 0 Å². The van der Waals surface area contributed by atoms with Crippen LogP contribution in [0, 0.1) is 0 Å². The molecule has 0 aliphatic heterocycles.